The molecular weight excluding hydrogens is 254 g/mol. The van der Waals surface area contributed by atoms with Crippen LogP contribution in [-0.4, -0.2) is 62.6 Å². The lowest BCUT2D eigenvalue weighted by atomic mass is 9.97. The molecule has 2 heterocycles. The molecule has 2 rings (SSSR count). The number of nitrogens with two attached hydrogens (primary N) is 1. The molecule has 18 heavy (non-hydrogen) atoms. The molecule has 0 aromatic rings. The van der Waals surface area contributed by atoms with Crippen LogP contribution >= 0.6 is 0 Å². The van der Waals surface area contributed by atoms with Crippen molar-refractivity contribution in [3.05, 3.63) is 0 Å². The van der Waals surface area contributed by atoms with E-state index >= 15 is 0 Å². The maximum absolute atomic E-state index is 11.8. The zero-order valence-corrected chi connectivity index (χ0v) is 11.5. The van der Waals surface area contributed by atoms with Gasteiger partial charge in [0.05, 0.1) is 0 Å². The Morgan fingerprint density at radius 1 is 1.33 bits per heavy atom. The lowest BCUT2D eigenvalue weighted by Gasteiger charge is -2.31. The van der Waals surface area contributed by atoms with E-state index in [1.54, 1.807) is 4.90 Å². The molecule has 6 nitrogen and oxygen atoms in total. The van der Waals surface area contributed by atoms with E-state index in [-0.39, 0.29) is 18.9 Å². The number of sulfonamides is 1. The first-order valence-corrected chi connectivity index (χ1v) is 7.95. The average Bonchev–Trinajstić information content (AvgIpc) is 2.63. The van der Waals surface area contributed by atoms with E-state index in [0.717, 1.165) is 25.9 Å². The highest BCUT2D eigenvalue weighted by atomic mass is 32.2. The molecule has 0 spiro atoms. The maximum atomic E-state index is 11.8. The van der Waals surface area contributed by atoms with Crippen molar-refractivity contribution in [2.75, 3.05) is 33.2 Å². The minimum Gasteiger partial charge on any atom is -0.341 e. The Hall–Kier alpha value is -0.660. The van der Waals surface area contributed by atoms with E-state index < -0.39 is 15.3 Å². The molecule has 0 aromatic heterocycles. The second-order valence-corrected chi connectivity index (χ2v) is 7.31. The van der Waals surface area contributed by atoms with Crippen LogP contribution in [0.15, 0.2) is 0 Å². The molecule has 2 saturated heterocycles. The summed E-state index contributed by atoms with van der Waals surface area (Å²) in [5, 5.41) is 4.39. The average molecular weight is 275 g/mol. The number of hydrogen-bond acceptors (Lipinski definition) is 4. The van der Waals surface area contributed by atoms with E-state index in [0.29, 0.717) is 12.5 Å². The van der Waals surface area contributed by atoms with Crippen LogP contribution in [0.4, 0.5) is 0 Å². The smallest absolute Gasteiger partial charge is 0.224 e. The van der Waals surface area contributed by atoms with E-state index in [2.05, 4.69) is 11.9 Å². The van der Waals surface area contributed by atoms with Gasteiger partial charge in [0.1, 0.15) is 5.25 Å². The summed E-state index contributed by atoms with van der Waals surface area (Å²) in [6.07, 6.45) is 2.19. The lowest BCUT2D eigenvalue weighted by Crippen LogP contribution is -2.38. The minimum absolute atomic E-state index is 0.0471. The van der Waals surface area contributed by atoms with Crippen LogP contribution in [0.3, 0.4) is 0 Å². The predicted molar refractivity (Wildman–Crippen MR) is 68.3 cm³/mol. The van der Waals surface area contributed by atoms with Gasteiger partial charge in [-0.3, -0.25) is 4.79 Å². The first-order chi connectivity index (χ1) is 8.36. The summed E-state index contributed by atoms with van der Waals surface area (Å²) >= 11 is 0. The Bertz CT molecular complexity index is 415. The van der Waals surface area contributed by atoms with Crippen molar-refractivity contribution in [1.29, 1.82) is 0 Å². The highest BCUT2D eigenvalue weighted by Gasteiger charge is 2.37. The molecule has 7 heteroatoms. The molecular formula is C11H21N3O3S. The first-order valence-electron chi connectivity index (χ1n) is 6.34. The molecule has 1 atom stereocenters. The SMILES string of the molecule is CN1CCC(CN2CC(S(N)(=O)=O)CC2=O)CC1. The number of primary sulfonamides is 1. The zero-order valence-electron chi connectivity index (χ0n) is 10.7. The molecule has 0 aromatic carbocycles. The molecule has 0 aliphatic carbocycles. The molecule has 2 N–H and O–H groups in total. The Kier molecular flexibility index (Phi) is 3.93. The predicted octanol–water partition coefficient (Wildman–Crippen LogP) is -0.782. The van der Waals surface area contributed by atoms with Gasteiger partial charge in [0.25, 0.3) is 0 Å². The van der Waals surface area contributed by atoms with Crippen LogP contribution in [0.25, 0.3) is 0 Å². The molecule has 0 saturated carbocycles. The highest BCUT2D eigenvalue weighted by Crippen LogP contribution is 2.22. The van der Waals surface area contributed by atoms with Crippen molar-refractivity contribution in [2.24, 2.45) is 11.1 Å². The number of carbonyl (C=O) groups is 1. The summed E-state index contributed by atoms with van der Waals surface area (Å²) in [4.78, 5) is 15.7. The monoisotopic (exact) mass is 275 g/mol. The van der Waals surface area contributed by atoms with Gasteiger partial charge in [-0.15, -0.1) is 0 Å². The number of likely N-dealkylation sites (tertiary alicyclic amines) is 2. The van der Waals surface area contributed by atoms with Crippen LogP contribution in [0.1, 0.15) is 19.3 Å². The molecule has 1 amide bonds. The van der Waals surface area contributed by atoms with Crippen LogP contribution < -0.4 is 5.14 Å². The van der Waals surface area contributed by atoms with Gasteiger partial charge in [-0.25, -0.2) is 13.6 Å². The topological polar surface area (TPSA) is 83.7 Å². The number of amides is 1. The highest BCUT2D eigenvalue weighted by molar-refractivity contribution is 7.89. The van der Waals surface area contributed by atoms with Gasteiger partial charge in [0.2, 0.25) is 15.9 Å². The fourth-order valence-electron chi connectivity index (χ4n) is 2.69. The third-order valence-electron chi connectivity index (χ3n) is 3.96. The van der Waals surface area contributed by atoms with E-state index in [1.165, 1.54) is 0 Å². The second-order valence-electron chi connectivity index (χ2n) is 5.46. The maximum Gasteiger partial charge on any atom is 0.224 e. The Balaban J connectivity index is 1.89. The third-order valence-corrected chi connectivity index (χ3v) is 5.21. The summed E-state index contributed by atoms with van der Waals surface area (Å²) < 4.78 is 22.5. The van der Waals surface area contributed by atoms with Gasteiger partial charge in [-0.2, -0.15) is 0 Å². The fraction of sp³-hybridized carbons (Fsp3) is 0.909. The van der Waals surface area contributed by atoms with Crippen molar-refractivity contribution >= 4 is 15.9 Å². The first kappa shape index (κ1) is 13.8. The van der Waals surface area contributed by atoms with Crippen LogP contribution in [0.2, 0.25) is 0 Å². The van der Waals surface area contributed by atoms with Gasteiger partial charge in [0, 0.05) is 19.5 Å². The molecule has 104 valence electrons. The number of rotatable bonds is 3. The number of carbonyl (C=O) groups excluding carboxylic acids is 1. The summed E-state index contributed by atoms with van der Waals surface area (Å²) in [7, 11) is -1.50. The Morgan fingerprint density at radius 3 is 2.44 bits per heavy atom. The second kappa shape index (κ2) is 5.14. The number of piperidine rings is 1. The molecule has 0 bridgehead atoms. The normalized spacial score (nSPS) is 28.0. The van der Waals surface area contributed by atoms with Gasteiger partial charge in [-0.1, -0.05) is 0 Å². The molecule has 2 fully saturated rings. The Labute approximate surface area is 108 Å². The standard InChI is InChI=1S/C11H21N3O3S/c1-13-4-2-9(3-5-13)7-14-8-10(6-11(14)15)18(12,16)17/h9-10H,2-8H2,1H3,(H2,12,16,17). The van der Waals surface area contributed by atoms with E-state index in [4.69, 9.17) is 5.14 Å². The number of hydrogen-bond donors (Lipinski definition) is 1. The van der Waals surface area contributed by atoms with E-state index in [1.807, 2.05) is 0 Å². The van der Waals surface area contributed by atoms with Crippen LogP contribution in [-0.2, 0) is 14.8 Å². The van der Waals surface area contributed by atoms with E-state index in [9.17, 15) is 13.2 Å². The summed E-state index contributed by atoms with van der Waals surface area (Å²) in [5.74, 6) is 0.414. The van der Waals surface area contributed by atoms with Gasteiger partial charge in [0.15, 0.2) is 0 Å². The van der Waals surface area contributed by atoms with Crippen molar-refractivity contribution in [3.8, 4) is 0 Å². The third kappa shape index (κ3) is 3.21. The van der Waals surface area contributed by atoms with Crippen molar-refractivity contribution in [2.45, 2.75) is 24.5 Å². The molecule has 2 aliphatic rings. The Morgan fingerprint density at radius 2 is 1.94 bits per heavy atom. The van der Waals surface area contributed by atoms with Gasteiger partial charge >= 0.3 is 0 Å². The van der Waals surface area contributed by atoms with Crippen molar-refractivity contribution in [1.82, 2.24) is 9.80 Å². The zero-order chi connectivity index (χ0) is 13.3. The van der Waals surface area contributed by atoms with Crippen LogP contribution in [0, 0.1) is 5.92 Å². The van der Waals surface area contributed by atoms with Crippen molar-refractivity contribution < 1.29 is 13.2 Å². The molecule has 1 unspecified atom stereocenters. The van der Waals surface area contributed by atoms with Crippen molar-refractivity contribution in [3.63, 3.8) is 0 Å². The quantitative estimate of drug-likeness (QED) is 0.732. The minimum atomic E-state index is -3.59. The number of nitrogens with zero attached hydrogens (tertiary/aromatic N) is 2. The molecule has 0 radical (unpaired) electrons. The summed E-state index contributed by atoms with van der Waals surface area (Å²) in [6.45, 7) is 3.04. The lowest BCUT2D eigenvalue weighted by molar-refractivity contribution is -0.128. The summed E-state index contributed by atoms with van der Waals surface area (Å²) in [6, 6.07) is 0. The van der Waals surface area contributed by atoms with Crippen LogP contribution in [0.5, 0.6) is 0 Å². The largest absolute Gasteiger partial charge is 0.341 e. The molecule has 2 aliphatic heterocycles. The summed E-state index contributed by atoms with van der Waals surface area (Å²) in [5.41, 5.74) is 0. The van der Waals surface area contributed by atoms with Gasteiger partial charge < -0.3 is 9.80 Å². The fourth-order valence-corrected chi connectivity index (χ4v) is 3.45. The van der Waals surface area contributed by atoms with Gasteiger partial charge in [-0.05, 0) is 38.9 Å².